The van der Waals surface area contributed by atoms with Crippen LogP contribution in [0.3, 0.4) is 0 Å². The summed E-state index contributed by atoms with van der Waals surface area (Å²) in [5.41, 5.74) is 0.432. The van der Waals surface area contributed by atoms with Gasteiger partial charge < -0.3 is 19.5 Å². The summed E-state index contributed by atoms with van der Waals surface area (Å²) < 4.78 is 56.9. The molecule has 3 aromatic carbocycles. The van der Waals surface area contributed by atoms with E-state index in [1.807, 2.05) is 22.6 Å². The molecule has 14 heteroatoms. The summed E-state index contributed by atoms with van der Waals surface area (Å²) in [6, 6.07) is 15.1. The molecule has 0 saturated carbocycles. The van der Waals surface area contributed by atoms with E-state index >= 15 is 0 Å². The average Bonchev–Trinajstić information content (AvgIpc) is 3.23. The molecule has 1 fully saturated rings. The van der Waals surface area contributed by atoms with Gasteiger partial charge in [-0.3, -0.25) is 19.3 Å². The Hall–Kier alpha value is -4.23. The summed E-state index contributed by atoms with van der Waals surface area (Å²) in [5, 5.41) is 10.9. The van der Waals surface area contributed by atoms with Gasteiger partial charge >= 0.3 is 6.18 Å². The Balaban J connectivity index is 1.51. The van der Waals surface area contributed by atoms with Gasteiger partial charge in [0.15, 0.2) is 11.5 Å². The van der Waals surface area contributed by atoms with Gasteiger partial charge in [0, 0.05) is 5.56 Å². The van der Waals surface area contributed by atoms with E-state index in [1.54, 1.807) is 43.3 Å². The van der Waals surface area contributed by atoms with Crippen LogP contribution in [0.5, 0.6) is 17.2 Å². The molecule has 0 unspecified atom stereocenters. The second-order valence-corrected chi connectivity index (χ2v) is 11.2. The van der Waals surface area contributed by atoms with Crippen molar-refractivity contribution in [1.29, 1.82) is 5.26 Å². The maximum absolute atomic E-state index is 13.2. The van der Waals surface area contributed by atoms with Gasteiger partial charge in [-0.05, 0) is 89.3 Å². The van der Waals surface area contributed by atoms with Gasteiger partial charge in [0.05, 0.1) is 45.1 Å². The number of hydrogen-bond donors (Lipinski definition) is 1. The SMILES string of the molecule is CCOc1cc(/C=C2\SC(=O)N(CC(=O)Nc3cc(C(F)(F)F)ccc3OC)C2=O)cc(I)c1OCc1ccccc1C#N. The summed E-state index contributed by atoms with van der Waals surface area (Å²) in [4.78, 5) is 39.1. The zero-order valence-electron chi connectivity index (χ0n) is 23.2. The van der Waals surface area contributed by atoms with Crippen molar-refractivity contribution < 1.29 is 41.8 Å². The fourth-order valence-corrected chi connectivity index (χ4v) is 5.70. The summed E-state index contributed by atoms with van der Waals surface area (Å²) in [7, 11) is 1.23. The quantitative estimate of drug-likeness (QED) is 0.178. The molecular weight excluding hydrogens is 714 g/mol. The van der Waals surface area contributed by atoms with E-state index in [-0.39, 0.29) is 22.9 Å². The number of carbonyl (C=O) groups excluding carboxylic acids is 3. The molecule has 4 rings (SSSR count). The van der Waals surface area contributed by atoms with Crippen LogP contribution in [0.4, 0.5) is 23.7 Å². The van der Waals surface area contributed by atoms with E-state index in [0.717, 1.165) is 12.1 Å². The van der Waals surface area contributed by atoms with E-state index in [2.05, 4.69) is 11.4 Å². The number of hydrogen-bond acceptors (Lipinski definition) is 8. The first-order chi connectivity index (χ1) is 20.9. The minimum absolute atomic E-state index is 0.0261. The summed E-state index contributed by atoms with van der Waals surface area (Å²) in [6.07, 6.45) is -3.19. The number of imide groups is 1. The summed E-state index contributed by atoms with van der Waals surface area (Å²) >= 11 is 2.67. The molecule has 9 nitrogen and oxygen atoms in total. The molecule has 0 aliphatic carbocycles. The third-order valence-electron chi connectivity index (χ3n) is 6.12. The highest BCUT2D eigenvalue weighted by Gasteiger charge is 2.37. The second-order valence-electron chi connectivity index (χ2n) is 9.05. The lowest BCUT2D eigenvalue weighted by Gasteiger charge is -2.16. The zero-order valence-corrected chi connectivity index (χ0v) is 26.1. The first kappa shape index (κ1) is 32.7. The van der Waals surface area contributed by atoms with Crippen LogP contribution in [0.2, 0.25) is 0 Å². The van der Waals surface area contributed by atoms with Gasteiger partial charge in [-0.15, -0.1) is 0 Å². The topological polar surface area (TPSA) is 118 Å². The summed E-state index contributed by atoms with van der Waals surface area (Å²) in [6.45, 7) is 1.50. The molecule has 228 valence electrons. The summed E-state index contributed by atoms with van der Waals surface area (Å²) in [5.74, 6) is -0.839. The van der Waals surface area contributed by atoms with Crippen molar-refractivity contribution in [2.24, 2.45) is 0 Å². The molecule has 0 aromatic heterocycles. The van der Waals surface area contributed by atoms with Crippen LogP contribution in [0.1, 0.15) is 29.2 Å². The van der Waals surface area contributed by atoms with Crippen molar-refractivity contribution >= 4 is 63.2 Å². The number of carbonyl (C=O) groups is 3. The van der Waals surface area contributed by atoms with Crippen LogP contribution in [-0.2, 0) is 22.4 Å². The van der Waals surface area contributed by atoms with E-state index in [1.165, 1.54) is 13.2 Å². The molecule has 3 aromatic rings. The Morgan fingerprint density at radius 2 is 1.86 bits per heavy atom. The Bertz CT molecular complexity index is 1690. The largest absolute Gasteiger partial charge is 0.495 e. The second kappa shape index (κ2) is 14.0. The third kappa shape index (κ3) is 7.64. The van der Waals surface area contributed by atoms with Crippen LogP contribution < -0.4 is 19.5 Å². The minimum Gasteiger partial charge on any atom is -0.495 e. The van der Waals surface area contributed by atoms with Crippen molar-refractivity contribution in [1.82, 2.24) is 4.90 Å². The van der Waals surface area contributed by atoms with Crippen molar-refractivity contribution in [3.05, 3.63) is 85.3 Å². The Morgan fingerprint density at radius 3 is 2.55 bits per heavy atom. The molecule has 0 radical (unpaired) electrons. The first-order valence-corrected chi connectivity index (χ1v) is 14.7. The number of nitriles is 1. The maximum atomic E-state index is 13.2. The molecule has 1 aliphatic heterocycles. The molecule has 0 bridgehead atoms. The fourth-order valence-electron chi connectivity index (χ4n) is 4.08. The van der Waals surface area contributed by atoms with Gasteiger partial charge in [-0.1, -0.05) is 18.2 Å². The highest BCUT2D eigenvalue weighted by molar-refractivity contribution is 14.1. The van der Waals surface area contributed by atoms with Crippen molar-refractivity contribution in [3.63, 3.8) is 0 Å². The lowest BCUT2D eigenvalue weighted by Crippen LogP contribution is -2.36. The minimum atomic E-state index is -4.66. The van der Waals surface area contributed by atoms with Gasteiger partial charge in [-0.25, -0.2) is 0 Å². The number of nitrogens with one attached hydrogen (secondary N) is 1. The highest BCUT2D eigenvalue weighted by Crippen LogP contribution is 2.39. The molecule has 1 N–H and O–H groups in total. The maximum Gasteiger partial charge on any atom is 0.416 e. The van der Waals surface area contributed by atoms with Gasteiger partial charge in [0.25, 0.3) is 11.1 Å². The number of halogens is 4. The number of benzene rings is 3. The Labute approximate surface area is 268 Å². The number of thioether (sulfide) groups is 1. The lowest BCUT2D eigenvalue weighted by atomic mass is 10.1. The fraction of sp³-hybridized carbons (Fsp3) is 0.200. The molecular formula is C30H23F3IN3O6S. The number of amides is 3. The zero-order chi connectivity index (χ0) is 32.0. The number of ether oxygens (including phenoxy) is 3. The average molecular weight is 737 g/mol. The van der Waals surface area contributed by atoms with Crippen LogP contribution in [-0.4, -0.2) is 42.2 Å². The number of nitrogens with zero attached hydrogens (tertiary/aromatic N) is 2. The van der Waals surface area contributed by atoms with Crippen molar-refractivity contribution in [2.75, 3.05) is 25.6 Å². The first-order valence-electron chi connectivity index (χ1n) is 12.8. The smallest absolute Gasteiger partial charge is 0.416 e. The van der Waals surface area contributed by atoms with Gasteiger partial charge in [0.2, 0.25) is 5.91 Å². The lowest BCUT2D eigenvalue weighted by molar-refractivity contribution is -0.137. The molecule has 0 spiro atoms. The van der Waals surface area contributed by atoms with E-state index in [9.17, 15) is 32.8 Å². The normalized spacial score (nSPS) is 14.0. The Morgan fingerprint density at radius 1 is 1.11 bits per heavy atom. The standard InChI is InChI=1S/C30H23F3IN3O6S/c1-3-42-24-11-17(10-21(34)27(24)43-16-19-7-5-4-6-18(19)14-35)12-25-28(39)37(29(40)44-25)15-26(38)36-22-13-20(30(31,32)33)8-9-23(22)41-2/h4-13H,3,15-16H2,1-2H3,(H,36,38)/b25-12-. The predicted octanol–water partition coefficient (Wildman–Crippen LogP) is 6.84. The van der Waals surface area contributed by atoms with Crippen LogP contribution >= 0.6 is 34.4 Å². The van der Waals surface area contributed by atoms with Crippen molar-refractivity contribution in [2.45, 2.75) is 19.7 Å². The molecule has 1 saturated heterocycles. The van der Waals surface area contributed by atoms with Gasteiger partial charge in [0.1, 0.15) is 18.9 Å². The van der Waals surface area contributed by atoms with E-state index < -0.39 is 35.3 Å². The van der Waals surface area contributed by atoms with Gasteiger partial charge in [-0.2, -0.15) is 18.4 Å². The van der Waals surface area contributed by atoms with E-state index in [0.29, 0.717) is 61.1 Å². The molecule has 44 heavy (non-hydrogen) atoms. The van der Waals surface area contributed by atoms with Crippen molar-refractivity contribution in [3.8, 4) is 23.3 Å². The molecule has 1 aliphatic rings. The number of anilines is 1. The highest BCUT2D eigenvalue weighted by atomic mass is 127. The molecule has 0 atom stereocenters. The number of rotatable bonds is 10. The van der Waals surface area contributed by atoms with E-state index in [4.69, 9.17) is 14.2 Å². The van der Waals surface area contributed by atoms with Crippen LogP contribution in [0.25, 0.3) is 6.08 Å². The van der Waals surface area contributed by atoms with Crippen LogP contribution in [0, 0.1) is 14.9 Å². The monoisotopic (exact) mass is 737 g/mol. The Kier molecular flexibility index (Phi) is 10.4. The number of alkyl halides is 3. The molecule has 3 amide bonds. The predicted molar refractivity (Wildman–Crippen MR) is 165 cm³/mol. The van der Waals surface area contributed by atoms with Crippen LogP contribution in [0.15, 0.2) is 59.5 Å². The molecule has 1 heterocycles. The number of methoxy groups -OCH3 is 1. The third-order valence-corrected chi connectivity index (χ3v) is 7.82.